The van der Waals surface area contributed by atoms with Crippen LogP contribution in [0, 0.1) is 6.92 Å². The molecule has 20 heavy (non-hydrogen) atoms. The molecule has 0 saturated carbocycles. The quantitative estimate of drug-likeness (QED) is 0.654. The molecule has 98 valence electrons. The van der Waals surface area contributed by atoms with Gasteiger partial charge in [-0.3, -0.25) is 0 Å². The van der Waals surface area contributed by atoms with Gasteiger partial charge >= 0.3 is 0 Å². The van der Waals surface area contributed by atoms with Crippen LogP contribution in [-0.2, 0) is 0 Å². The van der Waals surface area contributed by atoms with Crippen LogP contribution in [-0.4, -0.2) is 0 Å². The van der Waals surface area contributed by atoms with E-state index in [1.807, 2.05) is 23.6 Å². The van der Waals surface area contributed by atoms with Gasteiger partial charge in [0.2, 0.25) is 0 Å². The molecule has 1 nitrogen and oxygen atoms in total. The smallest absolute Gasteiger partial charge is 0.0712 e. The first-order chi connectivity index (χ1) is 9.84. The zero-order valence-electron chi connectivity index (χ0n) is 11.3. The molecular weight excluding hydrogens is 262 g/mol. The molecule has 1 aliphatic rings. The molecule has 1 atom stereocenters. The summed E-state index contributed by atoms with van der Waals surface area (Å²) in [5.41, 5.74) is 2.76. The Bertz CT molecular complexity index is 854. The second-order valence-electron chi connectivity index (χ2n) is 5.16. The van der Waals surface area contributed by atoms with Gasteiger partial charge in [0.25, 0.3) is 0 Å². The van der Waals surface area contributed by atoms with Crippen LogP contribution in [0.2, 0.25) is 0 Å². The second-order valence-corrected chi connectivity index (χ2v) is 6.21. The Balaban J connectivity index is 2.05. The van der Waals surface area contributed by atoms with Crippen molar-refractivity contribution < 1.29 is 0 Å². The van der Waals surface area contributed by atoms with E-state index in [1.54, 1.807) is 0 Å². The Hall–Kier alpha value is -2.06. The number of rotatable bonds is 1. The monoisotopic (exact) mass is 277 g/mol. The number of nitrogens with one attached hydrogen (secondary N) is 1. The molecular formula is C18H15NS. The predicted octanol–water partition coefficient (Wildman–Crippen LogP) is 5.08. The topological polar surface area (TPSA) is 12.0 Å². The van der Waals surface area contributed by atoms with Crippen molar-refractivity contribution in [2.45, 2.75) is 13.0 Å². The Labute approximate surface area is 122 Å². The summed E-state index contributed by atoms with van der Waals surface area (Å²) in [4.78, 5) is 0. The molecule has 0 fully saturated rings. The summed E-state index contributed by atoms with van der Waals surface area (Å²) in [5, 5.41) is 6.19. The zero-order chi connectivity index (χ0) is 13.5. The number of fused-ring (bicyclic) bond motifs is 3. The van der Waals surface area contributed by atoms with E-state index in [4.69, 9.17) is 0 Å². The first kappa shape index (κ1) is 11.7. The molecule has 2 heteroatoms. The highest BCUT2D eigenvalue weighted by atomic mass is 32.1. The number of hydrogen-bond acceptors (Lipinski definition) is 2. The van der Waals surface area contributed by atoms with Gasteiger partial charge in [-0.15, -0.1) is 11.3 Å². The van der Waals surface area contributed by atoms with Crippen LogP contribution < -0.4 is 5.32 Å². The van der Waals surface area contributed by atoms with Gasteiger partial charge in [-0.05, 0) is 36.4 Å². The summed E-state index contributed by atoms with van der Waals surface area (Å²) >= 11 is 1.90. The van der Waals surface area contributed by atoms with Gasteiger partial charge in [-0.25, -0.2) is 0 Å². The van der Waals surface area contributed by atoms with E-state index in [9.17, 15) is 0 Å². The van der Waals surface area contributed by atoms with Crippen molar-refractivity contribution >= 4 is 31.5 Å². The number of aryl methyl sites for hydroxylation is 1. The molecule has 4 rings (SSSR count). The lowest BCUT2D eigenvalue weighted by atomic mass is 9.97. The molecule has 0 aliphatic carbocycles. The maximum atomic E-state index is 3.45. The molecule has 2 heterocycles. The summed E-state index contributed by atoms with van der Waals surface area (Å²) in [6.07, 6.45) is 8.41. The third-order valence-corrected chi connectivity index (χ3v) is 5.12. The number of thiophene rings is 1. The van der Waals surface area contributed by atoms with Crippen molar-refractivity contribution in [2.24, 2.45) is 0 Å². The minimum atomic E-state index is 0.275. The Morgan fingerprint density at radius 3 is 2.75 bits per heavy atom. The van der Waals surface area contributed by atoms with Crippen molar-refractivity contribution in [1.82, 2.24) is 5.32 Å². The van der Waals surface area contributed by atoms with Gasteiger partial charge in [-0.2, -0.15) is 0 Å². The molecule has 0 spiro atoms. The van der Waals surface area contributed by atoms with Crippen molar-refractivity contribution in [3.8, 4) is 0 Å². The van der Waals surface area contributed by atoms with E-state index >= 15 is 0 Å². The van der Waals surface area contributed by atoms with Crippen LogP contribution in [0.25, 0.3) is 20.2 Å². The lowest BCUT2D eigenvalue weighted by Crippen LogP contribution is -2.16. The van der Waals surface area contributed by atoms with Crippen LogP contribution in [0.5, 0.6) is 0 Å². The standard InChI is InChI=1S/C18H15NS/c1-12-9-10-14-13-6-2-3-8-16(13)20-18(14)17(12)15-7-4-5-11-19-15/h2-11,15,19H,1H3. The summed E-state index contributed by atoms with van der Waals surface area (Å²) in [7, 11) is 0. The molecule has 1 unspecified atom stereocenters. The first-order valence-corrected chi connectivity index (χ1v) is 7.66. The highest BCUT2D eigenvalue weighted by Gasteiger charge is 2.17. The fourth-order valence-corrected chi connectivity index (χ4v) is 4.26. The van der Waals surface area contributed by atoms with Crippen LogP contribution in [0.3, 0.4) is 0 Å². The fraction of sp³-hybridized carbons (Fsp3) is 0.111. The maximum Gasteiger partial charge on any atom is 0.0712 e. The van der Waals surface area contributed by atoms with Crippen LogP contribution in [0.4, 0.5) is 0 Å². The van der Waals surface area contributed by atoms with Crippen molar-refractivity contribution in [3.63, 3.8) is 0 Å². The molecule has 0 radical (unpaired) electrons. The first-order valence-electron chi connectivity index (χ1n) is 6.85. The highest BCUT2D eigenvalue weighted by Crippen LogP contribution is 2.39. The molecule has 1 N–H and O–H groups in total. The molecule has 0 bridgehead atoms. The number of dihydropyridines is 1. The SMILES string of the molecule is Cc1ccc2c(sc3ccccc32)c1C1C=CC=CN1. The van der Waals surface area contributed by atoms with Crippen LogP contribution in [0.15, 0.2) is 60.8 Å². The molecule has 0 amide bonds. The third-order valence-electron chi connectivity index (χ3n) is 3.90. The lowest BCUT2D eigenvalue weighted by Gasteiger charge is -2.19. The third kappa shape index (κ3) is 1.69. The van der Waals surface area contributed by atoms with Gasteiger partial charge < -0.3 is 5.32 Å². The summed E-state index contributed by atoms with van der Waals surface area (Å²) in [5.74, 6) is 0. The van der Waals surface area contributed by atoms with Crippen LogP contribution in [0.1, 0.15) is 17.2 Å². The minimum absolute atomic E-state index is 0.275. The van der Waals surface area contributed by atoms with E-state index in [0.717, 1.165) is 0 Å². The van der Waals surface area contributed by atoms with Gasteiger partial charge in [-0.1, -0.05) is 42.5 Å². The summed E-state index contributed by atoms with van der Waals surface area (Å²) < 4.78 is 2.77. The second kappa shape index (κ2) is 4.50. The Morgan fingerprint density at radius 2 is 1.90 bits per heavy atom. The number of allylic oxidation sites excluding steroid dienone is 2. The fourth-order valence-electron chi connectivity index (χ4n) is 2.92. The van der Waals surface area contributed by atoms with E-state index in [0.29, 0.717) is 0 Å². The predicted molar refractivity (Wildman–Crippen MR) is 88.2 cm³/mol. The van der Waals surface area contributed by atoms with Crippen molar-refractivity contribution in [1.29, 1.82) is 0 Å². The average molecular weight is 277 g/mol. The van der Waals surface area contributed by atoms with E-state index in [2.05, 4.69) is 60.8 Å². The highest BCUT2D eigenvalue weighted by molar-refractivity contribution is 7.26. The van der Waals surface area contributed by atoms with Crippen molar-refractivity contribution in [3.05, 3.63) is 72.0 Å². The van der Waals surface area contributed by atoms with Crippen LogP contribution >= 0.6 is 11.3 Å². The number of hydrogen-bond donors (Lipinski definition) is 1. The molecule has 2 aromatic carbocycles. The molecule has 1 aromatic heterocycles. The van der Waals surface area contributed by atoms with E-state index < -0.39 is 0 Å². The Kier molecular flexibility index (Phi) is 2.64. The molecule has 0 saturated heterocycles. The average Bonchev–Trinajstić information content (AvgIpc) is 2.86. The van der Waals surface area contributed by atoms with Gasteiger partial charge in [0, 0.05) is 20.2 Å². The lowest BCUT2D eigenvalue weighted by molar-refractivity contribution is 0.748. The minimum Gasteiger partial charge on any atom is -0.381 e. The summed E-state index contributed by atoms with van der Waals surface area (Å²) in [6, 6.07) is 13.4. The number of benzene rings is 2. The zero-order valence-corrected chi connectivity index (χ0v) is 12.1. The van der Waals surface area contributed by atoms with E-state index in [-0.39, 0.29) is 6.04 Å². The Morgan fingerprint density at radius 1 is 1.00 bits per heavy atom. The van der Waals surface area contributed by atoms with Crippen molar-refractivity contribution in [2.75, 3.05) is 0 Å². The largest absolute Gasteiger partial charge is 0.381 e. The normalized spacial score (nSPS) is 17.8. The summed E-state index contributed by atoms with van der Waals surface area (Å²) in [6.45, 7) is 2.20. The van der Waals surface area contributed by atoms with Gasteiger partial charge in [0.15, 0.2) is 0 Å². The molecule has 3 aromatic rings. The maximum absolute atomic E-state index is 3.45. The van der Waals surface area contributed by atoms with E-state index in [1.165, 1.54) is 31.3 Å². The van der Waals surface area contributed by atoms with Gasteiger partial charge in [0.1, 0.15) is 0 Å². The molecule has 1 aliphatic heterocycles. The van der Waals surface area contributed by atoms with Gasteiger partial charge in [0.05, 0.1) is 6.04 Å².